The number of nitrogens with zero attached hydrogens (tertiary/aromatic N) is 1. The zero-order chi connectivity index (χ0) is 9.97. The molecule has 1 aliphatic heterocycles. The second kappa shape index (κ2) is 3.88. The van der Waals surface area contributed by atoms with Gasteiger partial charge in [0.15, 0.2) is 0 Å². The summed E-state index contributed by atoms with van der Waals surface area (Å²) in [7, 11) is 1.60. The molecule has 1 heterocycles. The second-order valence-electron chi connectivity index (χ2n) is 2.85. The Morgan fingerprint density at radius 2 is 2.36 bits per heavy atom. The van der Waals surface area contributed by atoms with E-state index in [1.54, 1.807) is 13.2 Å². The Labute approximate surface area is 87.3 Å². The zero-order valence-corrected chi connectivity index (χ0v) is 8.54. The van der Waals surface area contributed by atoms with Gasteiger partial charge in [0.25, 0.3) is 0 Å². The minimum absolute atomic E-state index is 0.576. The van der Waals surface area contributed by atoms with E-state index < -0.39 is 0 Å². The van der Waals surface area contributed by atoms with E-state index in [0.29, 0.717) is 29.8 Å². The van der Waals surface area contributed by atoms with Gasteiger partial charge in [-0.3, -0.25) is 0 Å². The minimum atomic E-state index is 0.576. The fraction of sp³-hybridized carbons (Fsp3) is 0.300. The topological polar surface area (TPSA) is 30.8 Å². The Bertz CT molecular complexity index is 376. The lowest BCUT2D eigenvalue weighted by Crippen LogP contribution is -2.04. The Kier molecular flexibility index (Phi) is 2.59. The summed E-state index contributed by atoms with van der Waals surface area (Å²) >= 11 is 6.05. The van der Waals surface area contributed by atoms with Gasteiger partial charge in [0, 0.05) is 0 Å². The molecule has 4 heteroatoms. The lowest BCUT2D eigenvalue weighted by atomic mass is 10.2. The predicted molar refractivity (Wildman–Crippen MR) is 55.4 cm³/mol. The average Bonchev–Trinajstić information content (AvgIpc) is 2.70. The number of aliphatic imine (C=N–C) groups is 1. The molecule has 1 aromatic rings. The second-order valence-corrected chi connectivity index (χ2v) is 3.26. The van der Waals surface area contributed by atoms with Gasteiger partial charge in [-0.25, -0.2) is 4.99 Å². The quantitative estimate of drug-likeness (QED) is 0.751. The maximum absolute atomic E-state index is 6.05. The molecule has 0 atom stereocenters. The van der Waals surface area contributed by atoms with Gasteiger partial charge in [-0.15, -0.1) is 0 Å². The van der Waals surface area contributed by atoms with Crippen LogP contribution in [0.1, 0.15) is 5.56 Å². The van der Waals surface area contributed by atoms with Gasteiger partial charge in [-0.1, -0.05) is 17.7 Å². The Balaban J connectivity index is 2.48. The van der Waals surface area contributed by atoms with Gasteiger partial charge in [0.2, 0.25) is 5.90 Å². The van der Waals surface area contributed by atoms with Gasteiger partial charge in [0.1, 0.15) is 12.4 Å². The third-order valence-corrected chi connectivity index (χ3v) is 2.31. The monoisotopic (exact) mass is 211 g/mol. The minimum Gasteiger partial charge on any atom is -0.496 e. The highest BCUT2D eigenvalue weighted by Gasteiger charge is 2.18. The number of rotatable bonds is 2. The van der Waals surface area contributed by atoms with Gasteiger partial charge < -0.3 is 9.47 Å². The van der Waals surface area contributed by atoms with Crippen LogP contribution in [0.2, 0.25) is 5.02 Å². The van der Waals surface area contributed by atoms with Gasteiger partial charge in [-0.2, -0.15) is 0 Å². The van der Waals surface area contributed by atoms with Crippen LogP contribution in [0.4, 0.5) is 0 Å². The predicted octanol–water partition coefficient (Wildman–Crippen LogP) is 2.13. The molecule has 1 aliphatic rings. The fourth-order valence-electron chi connectivity index (χ4n) is 1.37. The van der Waals surface area contributed by atoms with E-state index in [9.17, 15) is 0 Å². The van der Waals surface area contributed by atoms with Crippen molar-refractivity contribution in [2.45, 2.75) is 0 Å². The van der Waals surface area contributed by atoms with Crippen LogP contribution in [0.25, 0.3) is 0 Å². The Hall–Kier alpha value is -1.22. The highest BCUT2D eigenvalue weighted by atomic mass is 35.5. The highest BCUT2D eigenvalue weighted by Crippen LogP contribution is 2.28. The maximum atomic E-state index is 6.05. The first kappa shape index (κ1) is 9.34. The SMILES string of the molecule is COc1cccc(Cl)c1C1=NCCO1. The van der Waals surface area contributed by atoms with E-state index in [-0.39, 0.29) is 0 Å². The van der Waals surface area contributed by atoms with Crippen molar-refractivity contribution < 1.29 is 9.47 Å². The Morgan fingerprint density at radius 1 is 1.50 bits per heavy atom. The van der Waals surface area contributed by atoms with Crippen LogP contribution in [0.5, 0.6) is 5.75 Å². The van der Waals surface area contributed by atoms with E-state index in [4.69, 9.17) is 21.1 Å². The third-order valence-electron chi connectivity index (χ3n) is 1.99. The van der Waals surface area contributed by atoms with E-state index in [1.807, 2.05) is 12.1 Å². The fourth-order valence-corrected chi connectivity index (χ4v) is 1.62. The number of ether oxygens (including phenoxy) is 2. The molecular weight excluding hydrogens is 202 g/mol. The van der Waals surface area contributed by atoms with Crippen molar-refractivity contribution in [1.82, 2.24) is 0 Å². The van der Waals surface area contributed by atoms with Crippen LogP contribution in [-0.4, -0.2) is 26.2 Å². The number of hydrogen-bond donors (Lipinski definition) is 0. The number of methoxy groups -OCH3 is 1. The maximum Gasteiger partial charge on any atom is 0.221 e. The van der Waals surface area contributed by atoms with Crippen LogP contribution < -0.4 is 4.74 Å². The van der Waals surface area contributed by atoms with Gasteiger partial charge >= 0.3 is 0 Å². The van der Waals surface area contributed by atoms with Crippen LogP contribution in [0.15, 0.2) is 23.2 Å². The van der Waals surface area contributed by atoms with Crippen LogP contribution in [0.3, 0.4) is 0 Å². The molecule has 0 saturated heterocycles. The molecule has 0 bridgehead atoms. The van der Waals surface area contributed by atoms with E-state index >= 15 is 0 Å². The molecule has 1 aromatic carbocycles. The summed E-state index contributed by atoms with van der Waals surface area (Å²) in [5.41, 5.74) is 0.745. The molecule has 0 amide bonds. The zero-order valence-electron chi connectivity index (χ0n) is 7.79. The molecule has 0 aromatic heterocycles. The number of benzene rings is 1. The molecule has 0 unspecified atom stereocenters. The molecule has 0 spiro atoms. The number of halogens is 1. The molecule has 0 saturated carbocycles. The summed E-state index contributed by atoms with van der Waals surface area (Å²) in [5, 5.41) is 0.602. The molecule has 2 rings (SSSR count). The molecule has 14 heavy (non-hydrogen) atoms. The first-order valence-corrected chi connectivity index (χ1v) is 4.71. The summed E-state index contributed by atoms with van der Waals surface area (Å²) in [6.45, 7) is 1.30. The van der Waals surface area contributed by atoms with E-state index in [1.165, 1.54) is 0 Å². The summed E-state index contributed by atoms with van der Waals surface area (Å²) in [5.74, 6) is 1.27. The van der Waals surface area contributed by atoms with Crippen molar-refractivity contribution in [3.8, 4) is 5.75 Å². The summed E-state index contributed by atoms with van der Waals surface area (Å²) in [6, 6.07) is 5.47. The molecular formula is C10H10ClNO2. The van der Waals surface area contributed by atoms with Crippen LogP contribution in [0, 0.1) is 0 Å². The smallest absolute Gasteiger partial charge is 0.221 e. The normalized spacial score (nSPS) is 14.9. The van der Waals surface area contributed by atoms with Crippen LogP contribution in [-0.2, 0) is 4.74 Å². The summed E-state index contributed by atoms with van der Waals surface area (Å²) in [6.07, 6.45) is 0. The molecule has 0 N–H and O–H groups in total. The third kappa shape index (κ3) is 1.55. The molecule has 0 aliphatic carbocycles. The van der Waals surface area contributed by atoms with E-state index in [2.05, 4.69) is 4.99 Å². The molecule has 74 valence electrons. The first-order chi connectivity index (χ1) is 6.83. The molecule has 0 radical (unpaired) electrons. The highest BCUT2D eigenvalue weighted by molar-refractivity contribution is 6.34. The summed E-state index contributed by atoms with van der Waals surface area (Å²) < 4.78 is 10.5. The standard InChI is InChI=1S/C10H10ClNO2/c1-13-8-4-2-3-7(11)9(8)10-12-5-6-14-10/h2-4H,5-6H2,1H3. The first-order valence-electron chi connectivity index (χ1n) is 4.33. The number of hydrogen-bond acceptors (Lipinski definition) is 3. The van der Waals surface area contributed by atoms with Crippen molar-refractivity contribution >= 4 is 17.5 Å². The van der Waals surface area contributed by atoms with Crippen molar-refractivity contribution in [2.75, 3.05) is 20.3 Å². The van der Waals surface area contributed by atoms with Crippen molar-refractivity contribution in [3.63, 3.8) is 0 Å². The summed E-state index contributed by atoms with van der Waals surface area (Å²) in [4.78, 5) is 4.21. The average molecular weight is 212 g/mol. The lowest BCUT2D eigenvalue weighted by molar-refractivity contribution is 0.345. The largest absolute Gasteiger partial charge is 0.496 e. The molecule has 3 nitrogen and oxygen atoms in total. The van der Waals surface area contributed by atoms with Crippen molar-refractivity contribution in [2.24, 2.45) is 4.99 Å². The van der Waals surface area contributed by atoms with Crippen LogP contribution >= 0.6 is 11.6 Å². The van der Waals surface area contributed by atoms with Crippen molar-refractivity contribution in [3.05, 3.63) is 28.8 Å². The van der Waals surface area contributed by atoms with Crippen molar-refractivity contribution in [1.29, 1.82) is 0 Å². The Morgan fingerprint density at radius 3 is 3.00 bits per heavy atom. The lowest BCUT2D eigenvalue weighted by Gasteiger charge is -2.09. The van der Waals surface area contributed by atoms with Gasteiger partial charge in [-0.05, 0) is 12.1 Å². The van der Waals surface area contributed by atoms with E-state index in [0.717, 1.165) is 5.56 Å². The molecule has 0 fully saturated rings. The van der Waals surface area contributed by atoms with Gasteiger partial charge in [0.05, 0.1) is 24.2 Å².